The van der Waals surface area contributed by atoms with Gasteiger partial charge in [-0.25, -0.2) is 0 Å². The molecule has 0 bridgehead atoms. The summed E-state index contributed by atoms with van der Waals surface area (Å²) in [5, 5.41) is 0. The van der Waals surface area contributed by atoms with E-state index in [1.54, 1.807) is 6.92 Å². The average molecular weight is 261 g/mol. The van der Waals surface area contributed by atoms with Crippen LogP contribution < -0.4 is 0 Å². The molecule has 0 saturated carbocycles. The summed E-state index contributed by atoms with van der Waals surface area (Å²) in [5.74, 6) is -0.395. The van der Waals surface area contributed by atoms with Gasteiger partial charge < -0.3 is 4.74 Å². The third-order valence-corrected chi connectivity index (χ3v) is 2.85. The zero-order chi connectivity index (χ0) is 12.2. The highest BCUT2D eigenvalue weighted by Gasteiger charge is 2.30. The van der Waals surface area contributed by atoms with Crippen LogP contribution in [0.3, 0.4) is 0 Å². The molecule has 0 heterocycles. The summed E-state index contributed by atoms with van der Waals surface area (Å²) in [5.41, 5.74) is 1.82. The quantitative estimate of drug-likeness (QED) is 0.611. The van der Waals surface area contributed by atoms with E-state index in [-0.39, 0.29) is 6.42 Å². The number of halogens is 2. The van der Waals surface area contributed by atoms with Gasteiger partial charge in [0.2, 0.25) is 0 Å². The molecule has 0 aromatic heterocycles. The first-order valence-corrected chi connectivity index (χ1v) is 5.82. The molecular formula is C12H14Cl2O2. The van der Waals surface area contributed by atoms with E-state index in [0.717, 1.165) is 5.56 Å². The van der Waals surface area contributed by atoms with Crippen molar-refractivity contribution < 1.29 is 9.53 Å². The van der Waals surface area contributed by atoms with Gasteiger partial charge >= 0.3 is 5.97 Å². The first kappa shape index (κ1) is 13.3. The maximum absolute atomic E-state index is 11.3. The molecule has 16 heavy (non-hydrogen) atoms. The SMILES string of the molecule is CCOC(=O)CC(Cl)(Cl)c1ccc(C)cc1. The van der Waals surface area contributed by atoms with Gasteiger partial charge in [-0.15, -0.1) is 0 Å². The number of rotatable bonds is 4. The van der Waals surface area contributed by atoms with E-state index in [4.69, 9.17) is 27.9 Å². The van der Waals surface area contributed by atoms with E-state index in [0.29, 0.717) is 12.2 Å². The van der Waals surface area contributed by atoms with Crippen molar-refractivity contribution in [2.75, 3.05) is 6.61 Å². The van der Waals surface area contributed by atoms with E-state index in [9.17, 15) is 4.79 Å². The van der Waals surface area contributed by atoms with Gasteiger partial charge in [0, 0.05) is 0 Å². The topological polar surface area (TPSA) is 26.3 Å². The lowest BCUT2D eigenvalue weighted by Gasteiger charge is -2.19. The molecule has 0 fully saturated rings. The summed E-state index contributed by atoms with van der Waals surface area (Å²) in [6.07, 6.45) is -0.0486. The second-order valence-corrected chi connectivity index (χ2v) is 5.04. The lowest BCUT2D eigenvalue weighted by Crippen LogP contribution is -2.18. The highest BCUT2D eigenvalue weighted by Crippen LogP contribution is 2.37. The Morgan fingerprint density at radius 1 is 1.31 bits per heavy atom. The Labute approximate surface area is 106 Å². The highest BCUT2D eigenvalue weighted by atomic mass is 35.5. The van der Waals surface area contributed by atoms with Crippen LogP contribution in [0.5, 0.6) is 0 Å². The first-order valence-electron chi connectivity index (χ1n) is 5.06. The van der Waals surface area contributed by atoms with E-state index in [2.05, 4.69) is 0 Å². The number of aryl methyl sites for hydroxylation is 1. The number of ether oxygens (including phenoxy) is 1. The molecule has 1 aromatic carbocycles. The average Bonchev–Trinajstić information content (AvgIpc) is 2.17. The van der Waals surface area contributed by atoms with Crippen molar-refractivity contribution in [3.8, 4) is 0 Å². The van der Waals surface area contributed by atoms with Crippen molar-refractivity contribution in [2.24, 2.45) is 0 Å². The van der Waals surface area contributed by atoms with Crippen LogP contribution in [-0.4, -0.2) is 12.6 Å². The number of benzene rings is 1. The van der Waals surface area contributed by atoms with Gasteiger partial charge in [0.05, 0.1) is 13.0 Å². The molecule has 0 amide bonds. The van der Waals surface area contributed by atoms with Gasteiger partial charge in [0.1, 0.15) is 0 Å². The summed E-state index contributed by atoms with van der Waals surface area (Å²) < 4.78 is 3.59. The fourth-order valence-corrected chi connectivity index (χ4v) is 1.76. The predicted molar refractivity (Wildman–Crippen MR) is 65.8 cm³/mol. The summed E-state index contributed by atoms with van der Waals surface area (Å²) >= 11 is 12.2. The third kappa shape index (κ3) is 3.69. The molecule has 0 aliphatic carbocycles. The Bertz CT molecular complexity index is 358. The van der Waals surface area contributed by atoms with Gasteiger partial charge in [-0.3, -0.25) is 4.79 Å². The van der Waals surface area contributed by atoms with Crippen molar-refractivity contribution >= 4 is 29.2 Å². The van der Waals surface area contributed by atoms with Crippen LogP contribution in [0.4, 0.5) is 0 Å². The van der Waals surface area contributed by atoms with Crippen LogP contribution in [0.1, 0.15) is 24.5 Å². The van der Waals surface area contributed by atoms with E-state index in [1.807, 2.05) is 31.2 Å². The Morgan fingerprint density at radius 2 is 1.88 bits per heavy atom. The first-order chi connectivity index (χ1) is 7.45. The van der Waals surface area contributed by atoms with Crippen molar-refractivity contribution in [2.45, 2.75) is 24.6 Å². The standard InChI is InChI=1S/C12H14Cl2O2/c1-3-16-11(15)8-12(13,14)10-6-4-9(2)5-7-10/h4-7H,3,8H2,1-2H3. The molecule has 2 nitrogen and oxygen atoms in total. The minimum atomic E-state index is -1.22. The number of hydrogen-bond acceptors (Lipinski definition) is 2. The van der Waals surface area contributed by atoms with E-state index < -0.39 is 10.3 Å². The predicted octanol–water partition coefficient (Wildman–Crippen LogP) is 3.58. The zero-order valence-electron chi connectivity index (χ0n) is 9.30. The third-order valence-electron chi connectivity index (χ3n) is 2.15. The van der Waals surface area contributed by atoms with Crippen LogP contribution in [-0.2, 0) is 13.9 Å². The van der Waals surface area contributed by atoms with Crippen molar-refractivity contribution in [3.63, 3.8) is 0 Å². The largest absolute Gasteiger partial charge is 0.466 e. The molecule has 0 atom stereocenters. The number of esters is 1. The monoisotopic (exact) mass is 260 g/mol. The van der Waals surface area contributed by atoms with Crippen molar-refractivity contribution in [1.82, 2.24) is 0 Å². The number of hydrogen-bond donors (Lipinski definition) is 0. The van der Waals surface area contributed by atoms with E-state index >= 15 is 0 Å². The van der Waals surface area contributed by atoms with Gasteiger partial charge in [-0.2, -0.15) is 0 Å². The molecule has 0 saturated heterocycles. The normalized spacial score (nSPS) is 11.2. The zero-order valence-corrected chi connectivity index (χ0v) is 10.8. The Balaban J connectivity index is 2.76. The minimum Gasteiger partial charge on any atom is -0.466 e. The van der Waals surface area contributed by atoms with Crippen LogP contribution in [0.15, 0.2) is 24.3 Å². The fourth-order valence-electron chi connectivity index (χ4n) is 1.29. The molecule has 1 rings (SSSR count). The molecule has 0 N–H and O–H groups in total. The van der Waals surface area contributed by atoms with Crippen LogP contribution >= 0.6 is 23.2 Å². The summed E-state index contributed by atoms with van der Waals surface area (Å²) in [6, 6.07) is 7.43. The molecule has 0 unspecified atom stereocenters. The molecule has 0 aliphatic rings. The summed E-state index contributed by atoms with van der Waals surface area (Å²) in [7, 11) is 0. The van der Waals surface area contributed by atoms with Gasteiger partial charge in [0.25, 0.3) is 0 Å². The smallest absolute Gasteiger partial charge is 0.309 e. The number of carbonyl (C=O) groups is 1. The van der Waals surface area contributed by atoms with Crippen LogP contribution in [0.2, 0.25) is 0 Å². The fraction of sp³-hybridized carbons (Fsp3) is 0.417. The molecule has 4 heteroatoms. The Hall–Kier alpha value is -0.730. The van der Waals surface area contributed by atoms with Crippen LogP contribution in [0, 0.1) is 6.92 Å². The second-order valence-electron chi connectivity index (χ2n) is 3.55. The lowest BCUT2D eigenvalue weighted by atomic mass is 10.1. The van der Waals surface area contributed by atoms with Gasteiger partial charge in [-0.05, 0) is 19.4 Å². The van der Waals surface area contributed by atoms with Crippen LogP contribution in [0.25, 0.3) is 0 Å². The number of alkyl halides is 2. The van der Waals surface area contributed by atoms with Gasteiger partial charge in [0.15, 0.2) is 4.33 Å². The molecule has 88 valence electrons. The maximum atomic E-state index is 11.3. The lowest BCUT2D eigenvalue weighted by molar-refractivity contribution is -0.143. The van der Waals surface area contributed by atoms with Crippen molar-refractivity contribution in [1.29, 1.82) is 0 Å². The van der Waals surface area contributed by atoms with Gasteiger partial charge in [-0.1, -0.05) is 53.0 Å². The van der Waals surface area contributed by atoms with Crippen molar-refractivity contribution in [3.05, 3.63) is 35.4 Å². The number of carbonyl (C=O) groups excluding carboxylic acids is 1. The molecule has 1 aromatic rings. The van der Waals surface area contributed by atoms with E-state index in [1.165, 1.54) is 0 Å². The molecule has 0 spiro atoms. The molecule has 0 radical (unpaired) electrons. The summed E-state index contributed by atoms with van der Waals surface area (Å²) in [6.45, 7) is 4.05. The maximum Gasteiger partial charge on any atom is 0.309 e. The second kappa shape index (κ2) is 5.55. The molecule has 0 aliphatic heterocycles. The summed E-state index contributed by atoms with van der Waals surface area (Å²) in [4.78, 5) is 11.3. The minimum absolute atomic E-state index is 0.0486. The molecular weight excluding hydrogens is 247 g/mol. The Morgan fingerprint density at radius 3 is 2.38 bits per heavy atom. The highest BCUT2D eigenvalue weighted by molar-refractivity contribution is 6.48. The Kier molecular flexibility index (Phi) is 4.63.